The highest BCUT2D eigenvalue weighted by molar-refractivity contribution is 9.09. The zero-order valence-electron chi connectivity index (χ0n) is 6.31. The van der Waals surface area contributed by atoms with Gasteiger partial charge in [0.1, 0.15) is 0 Å². The van der Waals surface area contributed by atoms with Gasteiger partial charge in [-0.05, 0) is 18.9 Å². The molecule has 0 saturated heterocycles. The van der Waals surface area contributed by atoms with E-state index in [2.05, 4.69) is 28.6 Å². The monoisotopic (exact) mass is 200 g/mol. The first-order valence-electron chi connectivity index (χ1n) is 3.35. The highest BCUT2D eigenvalue weighted by Gasteiger charge is 1.85. The predicted octanol–water partition coefficient (Wildman–Crippen LogP) is 3.46. The van der Waals surface area contributed by atoms with Gasteiger partial charge in [-0.25, -0.2) is 0 Å². The molecule has 0 aliphatic carbocycles. The van der Waals surface area contributed by atoms with Crippen LogP contribution >= 0.6 is 15.9 Å². The minimum atomic E-state index is 1.00. The van der Waals surface area contributed by atoms with E-state index in [4.69, 9.17) is 0 Å². The van der Waals surface area contributed by atoms with Crippen LogP contribution in [-0.2, 0) is 0 Å². The minimum Gasteiger partial charge on any atom is -0.0988 e. The average Bonchev–Trinajstić information content (AvgIpc) is 1.98. The zero-order chi connectivity index (χ0) is 7.82. The van der Waals surface area contributed by atoms with Crippen LogP contribution in [0.5, 0.6) is 0 Å². The van der Waals surface area contributed by atoms with E-state index in [-0.39, 0.29) is 0 Å². The molecule has 0 heterocycles. The predicted molar refractivity (Wildman–Crippen MR) is 51.5 cm³/mol. The number of rotatable bonds is 4. The normalized spacial score (nSPS) is 12.4. The van der Waals surface area contributed by atoms with Crippen molar-refractivity contribution in [3.8, 4) is 0 Å². The molecule has 0 radical (unpaired) electrons. The van der Waals surface area contributed by atoms with Crippen molar-refractivity contribution in [2.75, 3.05) is 5.33 Å². The molecule has 0 saturated carbocycles. The second kappa shape index (κ2) is 6.81. The molecule has 1 heteroatoms. The van der Waals surface area contributed by atoms with E-state index in [1.54, 1.807) is 0 Å². The van der Waals surface area contributed by atoms with Gasteiger partial charge in [-0.3, -0.25) is 0 Å². The summed E-state index contributed by atoms with van der Waals surface area (Å²) in [6.07, 6.45) is 9.06. The first-order chi connectivity index (χ1) is 4.85. The number of alkyl halides is 1. The molecular formula is C9H13Br. The van der Waals surface area contributed by atoms with E-state index >= 15 is 0 Å². The molecule has 0 aliphatic rings. The maximum Gasteiger partial charge on any atom is 0.00718 e. The van der Waals surface area contributed by atoms with Crippen molar-refractivity contribution < 1.29 is 0 Å². The summed E-state index contributed by atoms with van der Waals surface area (Å²) in [4.78, 5) is 0. The first-order valence-corrected chi connectivity index (χ1v) is 4.47. The Morgan fingerprint density at radius 3 is 2.70 bits per heavy atom. The van der Waals surface area contributed by atoms with Gasteiger partial charge in [-0.15, -0.1) is 0 Å². The van der Waals surface area contributed by atoms with Crippen molar-refractivity contribution in [1.29, 1.82) is 0 Å². The second-order valence-electron chi connectivity index (χ2n) is 1.91. The maximum atomic E-state index is 3.71. The van der Waals surface area contributed by atoms with Crippen molar-refractivity contribution in [3.63, 3.8) is 0 Å². The third-order valence-corrected chi connectivity index (χ3v) is 1.54. The van der Waals surface area contributed by atoms with Gasteiger partial charge in [0.2, 0.25) is 0 Å². The molecule has 0 fully saturated rings. The van der Waals surface area contributed by atoms with E-state index in [9.17, 15) is 0 Å². The van der Waals surface area contributed by atoms with Crippen molar-refractivity contribution in [2.24, 2.45) is 0 Å². The Labute approximate surface area is 71.5 Å². The molecule has 10 heavy (non-hydrogen) atoms. The van der Waals surface area contributed by atoms with Crippen molar-refractivity contribution >= 4 is 15.9 Å². The zero-order valence-corrected chi connectivity index (χ0v) is 7.89. The molecule has 0 aliphatic heterocycles. The minimum absolute atomic E-state index is 1.00. The fraction of sp³-hybridized carbons (Fsp3) is 0.333. The van der Waals surface area contributed by atoms with Gasteiger partial charge in [0.25, 0.3) is 0 Å². The van der Waals surface area contributed by atoms with Gasteiger partial charge in [0.05, 0.1) is 0 Å². The Morgan fingerprint density at radius 2 is 2.30 bits per heavy atom. The lowest BCUT2D eigenvalue weighted by atomic mass is 10.2. The Kier molecular flexibility index (Phi) is 6.61. The first kappa shape index (κ1) is 9.70. The van der Waals surface area contributed by atoms with E-state index in [1.165, 1.54) is 5.57 Å². The summed E-state index contributed by atoms with van der Waals surface area (Å²) in [7, 11) is 0. The molecule has 0 N–H and O–H groups in total. The molecule has 0 unspecified atom stereocenters. The molecule has 0 bridgehead atoms. The maximum absolute atomic E-state index is 3.71. The SMILES string of the molecule is C=C/C(=C\C=C/C)CCBr. The van der Waals surface area contributed by atoms with E-state index < -0.39 is 0 Å². The lowest BCUT2D eigenvalue weighted by molar-refractivity contribution is 1.18. The van der Waals surface area contributed by atoms with Crippen LogP contribution in [-0.4, -0.2) is 5.33 Å². The molecule has 0 atom stereocenters. The lowest BCUT2D eigenvalue weighted by Crippen LogP contribution is -1.77. The third-order valence-electron chi connectivity index (χ3n) is 1.15. The molecular weight excluding hydrogens is 188 g/mol. The van der Waals surface area contributed by atoms with Gasteiger partial charge in [0, 0.05) is 5.33 Å². The number of hydrogen-bond donors (Lipinski definition) is 0. The molecule has 0 spiro atoms. The van der Waals surface area contributed by atoms with Crippen LogP contribution in [0.15, 0.2) is 36.5 Å². The summed E-state index contributed by atoms with van der Waals surface area (Å²) in [5.74, 6) is 0. The second-order valence-corrected chi connectivity index (χ2v) is 2.70. The Balaban J connectivity index is 3.90. The highest BCUT2D eigenvalue weighted by atomic mass is 79.9. The van der Waals surface area contributed by atoms with Gasteiger partial charge in [0.15, 0.2) is 0 Å². The van der Waals surface area contributed by atoms with Crippen LogP contribution in [0.25, 0.3) is 0 Å². The van der Waals surface area contributed by atoms with Gasteiger partial charge < -0.3 is 0 Å². The standard InChI is InChI=1S/C9H13Br/c1-3-5-6-9(4-2)7-8-10/h3-6H,2,7-8H2,1H3/b5-3-,9-6+. The molecule has 0 aromatic carbocycles. The average molecular weight is 201 g/mol. The lowest BCUT2D eigenvalue weighted by Gasteiger charge is -1.93. The molecule has 0 rings (SSSR count). The smallest absolute Gasteiger partial charge is 0.00718 e. The van der Waals surface area contributed by atoms with Crippen molar-refractivity contribution in [3.05, 3.63) is 36.5 Å². The van der Waals surface area contributed by atoms with Gasteiger partial charge in [-0.2, -0.15) is 0 Å². The van der Waals surface area contributed by atoms with Crippen molar-refractivity contribution in [1.82, 2.24) is 0 Å². The number of halogens is 1. The van der Waals surface area contributed by atoms with Crippen LogP contribution in [0, 0.1) is 0 Å². The quantitative estimate of drug-likeness (QED) is 0.482. The van der Waals surface area contributed by atoms with Crippen LogP contribution in [0.1, 0.15) is 13.3 Å². The fourth-order valence-electron chi connectivity index (χ4n) is 0.582. The van der Waals surface area contributed by atoms with Crippen LogP contribution in [0.4, 0.5) is 0 Å². The summed E-state index contributed by atoms with van der Waals surface area (Å²) < 4.78 is 0. The molecule has 0 aromatic heterocycles. The third kappa shape index (κ3) is 4.57. The molecule has 0 nitrogen and oxygen atoms in total. The van der Waals surface area contributed by atoms with Gasteiger partial charge >= 0.3 is 0 Å². The highest BCUT2D eigenvalue weighted by Crippen LogP contribution is 2.04. The summed E-state index contributed by atoms with van der Waals surface area (Å²) in [6.45, 7) is 5.71. The summed E-state index contributed by atoms with van der Waals surface area (Å²) in [6, 6.07) is 0. The Bertz CT molecular complexity index is 143. The number of allylic oxidation sites excluding steroid dienone is 5. The van der Waals surface area contributed by atoms with E-state index in [0.29, 0.717) is 0 Å². The number of hydrogen-bond acceptors (Lipinski definition) is 0. The summed E-state index contributed by atoms with van der Waals surface area (Å²) >= 11 is 3.37. The van der Waals surface area contributed by atoms with Crippen LogP contribution < -0.4 is 0 Å². The summed E-state index contributed by atoms with van der Waals surface area (Å²) in [5.41, 5.74) is 1.27. The Morgan fingerprint density at radius 1 is 1.60 bits per heavy atom. The van der Waals surface area contributed by atoms with Gasteiger partial charge in [-0.1, -0.05) is 46.8 Å². The van der Waals surface area contributed by atoms with Crippen LogP contribution in [0.3, 0.4) is 0 Å². The summed E-state index contributed by atoms with van der Waals surface area (Å²) in [5, 5.41) is 1.00. The molecule has 56 valence electrons. The fourth-order valence-corrected chi connectivity index (χ4v) is 1.04. The van der Waals surface area contributed by atoms with Crippen molar-refractivity contribution in [2.45, 2.75) is 13.3 Å². The van der Waals surface area contributed by atoms with E-state index in [0.717, 1.165) is 11.8 Å². The molecule has 0 amide bonds. The van der Waals surface area contributed by atoms with Crippen LogP contribution in [0.2, 0.25) is 0 Å². The Hall–Kier alpha value is -0.300. The molecule has 0 aromatic rings. The largest absolute Gasteiger partial charge is 0.0988 e. The van der Waals surface area contributed by atoms with E-state index in [1.807, 2.05) is 25.2 Å². The topological polar surface area (TPSA) is 0 Å².